The summed E-state index contributed by atoms with van der Waals surface area (Å²) in [6, 6.07) is 5.18. The Kier molecular flexibility index (Phi) is 4.21. The minimum Gasteiger partial charge on any atom is -0.317 e. The molecule has 0 bridgehead atoms. The van der Waals surface area contributed by atoms with Gasteiger partial charge in [0.1, 0.15) is 0 Å². The lowest BCUT2D eigenvalue weighted by Crippen LogP contribution is -2.37. The number of aryl methyl sites for hydroxylation is 1. The topological polar surface area (TPSA) is 12.0 Å². The maximum Gasteiger partial charge on any atom is 0.00924 e. The van der Waals surface area contributed by atoms with Crippen LogP contribution in [0.1, 0.15) is 37.0 Å². The van der Waals surface area contributed by atoms with Gasteiger partial charge >= 0.3 is 0 Å². The van der Waals surface area contributed by atoms with Crippen LogP contribution in [0.15, 0.2) is 17.5 Å². The summed E-state index contributed by atoms with van der Waals surface area (Å²) in [6.07, 6.45) is 8.30. The molecule has 0 saturated heterocycles. The monoisotopic (exact) mass is 223 g/mol. The van der Waals surface area contributed by atoms with Crippen LogP contribution in [0.2, 0.25) is 0 Å². The van der Waals surface area contributed by atoms with Crippen molar-refractivity contribution in [1.29, 1.82) is 0 Å². The third-order valence-electron chi connectivity index (χ3n) is 3.61. The fourth-order valence-electron chi connectivity index (χ4n) is 2.41. The second kappa shape index (κ2) is 5.66. The molecule has 2 heteroatoms. The first-order chi connectivity index (χ1) is 7.40. The maximum absolute atomic E-state index is 3.49. The zero-order valence-corrected chi connectivity index (χ0v) is 10.4. The molecule has 0 spiro atoms. The van der Waals surface area contributed by atoms with Crippen LogP contribution in [0.4, 0.5) is 0 Å². The predicted octanol–water partition coefficient (Wildman–Crippen LogP) is 3.46. The summed E-state index contributed by atoms with van der Waals surface area (Å²) in [5.41, 5.74) is 0. The van der Waals surface area contributed by atoms with Crippen LogP contribution >= 0.6 is 11.3 Å². The Morgan fingerprint density at radius 3 is 2.93 bits per heavy atom. The average Bonchev–Trinajstić information content (AvgIpc) is 2.66. The third kappa shape index (κ3) is 3.05. The molecule has 0 radical (unpaired) electrons. The fraction of sp³-hybridized carbons (Fsp3) is 0.692. The van der Waals surface area contributed by atoms with E-state index in [4.69, 9.17) is 0 Å². The molecular weight excluding hydrogens is 202 g/mol. The lowest BCUT2D eigenvalue weighted by molar-refractivity contribution is 0.225. The zero-order chi connectivity index (χ0) is 10.5. The molecule has 0 amide bonds. The minimum absolute atomic E-state index is 0.777. The number of hydrogen-bond acceptors (Lipinski definition) is 2. The van der Waals surface area contributed by atoms with E-state index in [2.05, 4.69) is 29.9 Å². The first-order valence-corrected chi connectivity index (χ1v) is 6.98. The molecule has 1 aliphatic carbocycles. The molecule has 1 aromatic rings. The molecular formula is C13H21NS. The average molecular weight is 223 g/mol. The van der Waals surface area contributed by atoms with Gasteiger partial charge in [-0.1, -0.05) is 12.5 Å². The van der Waals surface area contributed by atoms with Gasteiger partial charge in [0.05, 0.1) is 0 Å². The molecule has 1 saturated carbocycles. The van der Waals surface area contributed by atoms with Crippen LogP contribution in [0.3, 0.4) is 0 Å². The van der Waals surface area contributed by atoms with E-state index < -0.39 is 0 Å². The summed E-state index contributed by atoms with van der Waals surface area (Å²) in [5, 5.41) is 5.66. The van der Waals surface area contributed by atoms with Gasteiger partial charge in [0.25, 0.3) is 0 Å². The maximum atomic E-state index is 3.49. The first kappa shape index (κ1) is 11.2. The second-order valence-corrected chi connectivity index (χ2v) is 5.59. The van der Waals surface area contributed by atoms with E-state index in [1.165, 1.54) is 38.5 Å². The van der Waals surface area contributed by atoms with Gasteiger partial charge in [-0.15, -0.1) is 11.3 Å². The van der Waals surface area contributed by atoms with E-state index in [-0.39, 0.29) is 0 Å². The van der Waals surface area contributed by atoms with Crippen LogP contribution < -0.4 is 5.32 Å². The highest BCUT2D eigenvalue weighted by atomic mass is 32.1. The molecule has 1 heterocycles. The fourth-order valence-corrected chi connectivity index (χ4v) is 3.16. The molecule has 1 aliphatic rings. The Balaban J connectivity index is 1.67. The standard InChI is InChI=1S/C13H21NS/c1-14-13(11-5-2-6-11)9-3-7-12-8-4-10-15-12/h4,8,10-11,13-14H,2-3,5-7,9H2,1H3. The zero-order valence-electron chi connectivity index (χ0n) is 9.54. The number of hydrogen-bond donors (Lipinski definition) is 1. The summed E-state index contributed by atoms with van der Waals surface area (Å²) in [7, 11) is 2.12. The van der Waals surface area contributed by atoms with Crippen molar-refractivity contribution in [3.05, 3.63) is 22.4 Å². The Morgan fingerprint density at radius 1 is 1.53 bits per heavy atom. The van der Waals surface area contributed by atoms with Crippen LogP contribution in [0, 0.1) is 5.92 Å². The molecule has 1 nitrogen and oxygen atoms in total. The van der Waals surface area contributed by atoms with E-state index in [9.17, 15) is 0 Å². The highest BCUT2D eigenvalue weighted by molar-refractivity contribution is 7.09. The van der Waals surface area contributed by atoms with Gasteiger partial charge in [0.15, 0.2) is 0 Å². The lowest BCUT2D eigenvalue weighted by Gasteiger charge is -2.33. The van der Waals surface area contributed by atoms with Gasteiger partial charge in [0.2, 0.25) is 0 Å². The van der Waals surface area contributed by atoms with Gasteiger partial charge in [-0.05, 0) is 56.5 Å². The lowest BCUT2D eigenvalue weighted by atomic mass is 9.78. The van der Waals surface area contributed by atoms with E-state index in [0.29, 0.717) is 0 Å². The Labute approximate surface area is 96.9 Å². The molecule has 0 aromatic carbocycles. The minimum atomic E-state index is 0.777. The van der Waals surface area contributed by atoms with Crippen molar-refractivity contribution in [2.45, 2.75) is 44.6 Å². The van der Waals surface area contributed by atoms with Crippen molar-refractivity contribution in [3.63, 3.8) is 0 Å². The Morgan fingerprint density at radius 2 is 2.40 bits per heavy atom. The van der Waals surface area contributed by atoms with Crippen molar-refractivity contribution in [1.82, 2.24) is 5.32 Å². The largest absolute Gasteiger partial charge is 0.317 e. The SMILES string of the molecule is CNC(CCCc1cccs1)C1CCC1. The van der Waals surface area contributed by atoms with E-state index in [0.717, 1.165) is 12.0 Å². The van der Waals surface area contributed by atoms with E-state index >= 15 is 0 Å². The summed E-state index contributed by atoms with van der Waals surface area (Å²) < 4.78 is 0. The van der Waals surface area contributed by atoms with Gasteiger partial charge < -0.3 is 5.32 Å². The molecule has 15 heavy (non-hydrogen) atoms. The van der Waals surface area contributed by atoms with Crippen molar-refractivity contribution in [3.8, 4) is 0 Å². The van der Waals surface area contributed by atoms with Crippen molar-refractivity contribution < 1.29 is 0 Å². The molecule has 1 aromatic heterocycles. The van der Waals surface area contributed by atoms with Crippen molar-refractivity contribution in [2.24, 2.45) is 5.92 Å². The molecule has 0 aliphatic heterocycles. The van der Waals surface area contributed by atoms with Crippen molar-refractivity contribution in [2.75, 3.05) is 7.05 Å². The van der Waals surface area contributed by atoms with E-state index in [1.54, 1.807) is 4.88 Å². The summed E-state index contributed by atoms with van der Waals surface area (Å²) in [6.45, 7) is 0. The molecule has 1 fully saturated rings. The first-order valence-electron chi connectivity index (χ1n) is 6.10. The van der Waals surface area contributed by atoms with Crippen molar-refractivity contribution >= 4 is 11.3 Å². The van der Waals surface area contributed by atoms with Crippen LogP contribution in [-0.4, -0.2) is 13.1 Å². The van der Waals surface area contributed by atoms with Gasteiger partial charge in [-0.3, -0.25) is 0 Å². The summed E-state index contributed by atoms with van der Waals surface area (Å²) in [5.74, 6) is 0.971. The van der Waals surface area contributed by atoms with Gasteiger partial charge in [0, 0.05) is 10.9 Å². The summed E-state index contributed by atoms with van der Waals surface area (Å²) in [4.78, 5) is 1.54. The van der Waals surface area contributed by atoms with Crippen LogP contribution in [0.25, 0.3) is 0 Å². The quantitative estimate of drug-likeness (QED) is 0.779. The van der Waals surface area contributed by atoms with Gasteiger partial charge in [-0.25, -0.2) is 0 Å². The second-order valence-electron chi connectivity index (χ2n) is 4.56. The normalized spacial score (nSPS) is 18.7. The number of nitrogens with one attached hydrogen (secondary N) is 1. The summed E-state index contributed by atoms with van der Waals surface area (Å²) >= 11 is 1.89. The molecule has 2 rings (SSSR count). The van der Waals surface area contributed by atoms with Gasteiger partial charge in [-0.2, -0.15) is 0 Å². The van der Waals surface area contributed by atoms with E-state index in [1.807, 2.05) is 11.3 Å². The molecule has 1 N–H and O–H groups in total. The molecule has 1 unspecified atom stereocenters. The highest BCUT2D eigenvalue weighted by Gasteiger charge is 2.25. The number of rotatable bonds is 6. The molecule has 84 valence electrons. The Hall–Kier alpha value is -0.340. The predicted molar refractivity (Wildman–Crippen MR) is 67.4 cm³/mol. The van der Waals surface area contributed by atoms with Crippen LogP contribution in [-0.2, 0) is 6.42 Å². The smallest absolute Gasteiger partial charge is 0.00924 e. The number of thiophene rings is 1. The molecule has 1 atom stereocenters. The Bertz CT molecular complexity index is 264. The third-order valence-corrected chi connectivity index (χ3v) is 4.54. The van der Waals surface area contributed by atoms with Crippen LogP contribution in [0.5, 0.6) is 0 Å². The highest BCUT2D eigenvalue weighted by Crippen LogP contribution is 2.31.